The molecule has 1 aliphatic rings. The van der Waals surface area contributed by atoms with Crippen molar-refractivity contribution in [1.82, 2.24) is 5.43 Å². The lowest BCUT2D eigenvalue weighted by Crippen LogP contribution is -2.30. The molecular formula is C27H21N3O5S. The highest BCUT2D eigenvalue weighted by atomic mass is 32.1. The summed E-state index contributed by atoms with van der Waals surface area (Å²) in [7, 11) is 0. The molecule has 0 bridgehead atoms. The van der Waals surface area contributed by atoms with E-state index < -0.39 is 24.0 Å². The maximum Gasteiger partial charge on any atom is 0.354 e. The van der Waals surface area contributed by atoms with Gasteiger partial charge in [-0.1, -0.05) is 60.7 Å². The van der Waals surface area contributed by atoms with Gasteiger partial charge in [0.2, 0.25) is 0 Å². The highest BCUT2D eigenvalue weighted by Gasteiger charge is 2.33. The third kappa shape index (κ3) is 5.11. The smallest absolute Gasteiger partial charge is 0.354 e. The summed E-state index contributed by atoms with van der Waals surface area (Å²) in [6, 6.07) is 20.0. The van der Waals surface area contributed by atoms with Gasteiger partial charge in [0.1, 0.15) is 0 Å². The van der Waals surface area contributed by atoms with Crippen LogP contribution in [-0.4, -0.2) is 40.8 Å². The molecule has 0 atom stereocenters. The second-order valence-corrected chi connectivity index (χ2v) is 8.15. The first kappa shape index (κ1) is 24.6. The van der Waals surface area contributed by atoms with Gasteiger partial charge in [0.15, 0.2) is 28.2 Å². The van der Waals surface area contributed by atoms with Crippen molar-refractivity contribution in [2.45, 2.75) is 13.3 Å². The molecular weight excluding hydrogens is 478 g/mol. The quantitative estimate of drug-likeness (QED) is 0.129. The van der Waals surface area contributed by atoms with E-state index in [1.165, 1.54) is 18.2 Å². The van der Waals surface area contributed by atoms with Crippen LogP contribution in [0.2, 0.25) is 0 Å². The van der Waals surface area contributed by atoms with E-state index in [2.05, 4.69) is 15.8 Å². The monoisotopic (exact) mass is 499 g/mol. The molecule has 0 spiro atoms. The van der Waals surface area contributed by atoms with Crippen LogP contribution in [0.25, 0.3) is 0 Å². The summed E-state index contributed by atoms with van der Waals surface area (Å²) in [5.41, 5.74) is 3.74. The second kappa shape index (κ2) is 10.8. The summed E-state index contributed by atoms with van der Waals surface area (Å²) in [5, 5.41) is 7.01. The molecule has 2 N–H and O–H groups in total. The molecule has 0 amide bonds. The Morgan fingerprint density at radius 3 is 2.19 bits per heavy atom. The van der Waals surface area contributed by atoms with Crippen molar-refractivity contribution in [3.8, 4) is 0 Å². The zero-order valence-corrected chi connectivity index (χ0v) is 20.1. The Morgan fingerprint density at radius 2 is 1.50 bits per heavy atom. The first-order valence-electron chi connectivity index (χ1n) is 11.1. The van der Waals surface area contributed by atoms with Crippen LogP contribution < -0.4 is 10.7 Å². The van der Waals surface area contributed by atoms with Gasteiger partial charge in [-0.25, -0.2) is 4.79 Å². The second-order valence-electron chi connectivity index (χ2n) is 7.74. The molecule has 0 heterocycles. The Balaban J connectivity index is 1.60. The first-order valence-corrected chi connectivity index (χ1v) is 11.5. The van der Waals surface area contributed by atoms with Gasteiger partial charge in [-0.2, -0.15) is 5.10 Å². The maximum atomic E-state index is 13.3. The molecule has 0 fully saturated rings. The molecule has 8 nitrogen and oxygen atoms in total. The van der Waals surface area contributed by atoms with Crippen LogP contribution in [0.4, 0.5) is 5.69 Å². The van der Waals surface area contributed by atoms with Crippen molar-refractivity contribution < 1.29 is 23.9 Å². The average Bonchev–Trinajstić information content (AvgIpc) is 2.89. The number of nitrogens with zero attached hydrogens (tertiary/aromatic N) is 1. The van der Waals surface area contributed by atoms with Crippen LogP contribution in [0.15, 0.2) is 77.9 Å². The van der Waals surface area contributed by atoms with Crippen LogP contribution in [0, 0.1) is 0 Å². The summed E-state index contributed by atoms with van der Waals surface area (Å²) >= 11 is 5.21. The van der Waals surface area contributed by atoms with E-state index in [-0.39, 0.29) is 51.0 Å². The minimum atomic E-state index is -0.807. The number of carbonyl (C=O) groups excluding carboxylic acids is 4. The molecule has 0 saturated carbocycles. The van der Waals surface area contributed by atoms with E-state index in [4.69, 9.17) is 17.0 Å². The summed E-state index contributed by atoms with van der Waals surface area (Å²) in [6.45, 7) is 1.70. The molecule has 3 aromatic carbocycles. The molecule has 0 aromatic heterocycles. The van der Waals surface area contributed by atoms with Gasteiger partial charge in [0.25, 0.3) is 0 Å². The topological polar surface area (TPSA) is 114 Å². The fraction of sp³-hybridized carbons (Fsp3) is 0.111. The van der Waals surface area contributed by atoms with E-state index in [1.807, 2.05) is 18.2 Å². The third-order valence-electron chi connectivity index (χ3n) is 5.42. The number of ether oxygens (including phenoxy) is 1. The molecule has 0 aliphatic heterocycles. The van der Waals surface area contributed by atoms with Gasteiger partial charge in [0.05, 0.1) is 13.0 Å². The number of thiocarbonyl (C=S) groups is 1. The lowest BCUT2D eigenvalue weighted by Gasteiger charge is -2.19. The zero-order valence-electron chi connectivity index (χ0n) is 19.2. The summed E-state index contributed by atoms with van der Waals surface area (Å²) in [6.07, 6.45) is -0.473. The highest BCUT2D eigenvalue weighted by Crippen LogP contribution is 2.30. The van der Waals surface area contributed by atoms with Crippen LogP contribution >= 0.6 is 12.2 Å². The van der Waals surface area contributed by atoms with Gasteiger partial charge < -0.3 is 10.1 Å². The van der Waals surface area contributed by atoms with E-state index in [0.717, 1.165) is 0 Å². The molecule has 0 saturated heterocycles. The molecule has 0 radical (unpaired) electrons. The van der Waals surface area contributed by atoms with E-state index in [0.29, 0.717) is 5.69 Å². The standard InChI is InChI=1S/C27H21N3O5S/c1-2-35-26(34)21(29-30-27(36)28-16-9-4-3-5-10-16)15-22(31)19-13-8-14-20-23(19)25(33)18-12-7-6-11-17(18)24(20)32/h3-14H,2,15H2,1H3,(H2,28,30,36)/b29-21-. The number of para-hydroxylation sites is 1. The van der Waals surface area contributed by atoms with Crippen molar-refractivity contribution in [2.75, 3.05) is 11.9 Å². The third-order valence-corrected chi connectivity index (χ3v) is 5.61. The Bertz CT molecular complexity index is 1420. The lowest BCUT2D eigenvalue weighted by molar-refractivity contribution is -0.135. The van der Waals surface area contributed by atoms with Crippen molar-refractivity contribution in [1.29, 1.82) is 0 Å². The molecule has 1 aliphatic carbocycles. The maximum absolute atomic E-state index is 13.3. The summed E-state index contributed by atoms with van der Waals surface area (Å²) in [5.74, 6) is -2.14. The van der Waals surface area contributed by atoms with Crippen molar-refractivity contribution in [2.24, 2.45) is 5.10 Å². The van der Waals surface area contributed by atoms with Gasteiger partial charge >= 0.3 is 5.97 Å². The largest absolute Gasteiger partial charge is 0.461 e. The van der Waals surface area contributed by atoms with E-state index >= 15 is 0 Å². The van der Waals surface area contributed by atoms with Crippen molar-refractivity contribution in [3.63, 3.8) is 0 Å². The fourth-order valence-corrected chi connectivity index (χ4v) is 3.96. The number of ketones is 3. The minimum Gasteiger partial charge on any atom is -0.461 e. The number of hydrogen-bond acceptors (Lipinski definition) is 7. The number of nitrogens with one attached hydrogen (secondary N) is 2. The Morgan fingerprint density at radius 1 is 0.861 bits per heavy atom. The number of hydrogen-bond donors (Lipinski definition) is 2. The number of anilines is 1. The van der Waals surface area contributed by atoms with Gasteiger partial charge in [0, 0.05) is 33.5 Å². The Hall–Kier alpha value is -4.50. The minimum absolute atomic E-state index is 0.0173. The van der Waals surface area contributed by atoms with Crippen molar-refractivity contribution in [3.05, 3.63) is 101 Å². The first-order chi connectivity index (χ1) is 17.4. The number of rotatable bonds is 7. The van der Waals surface area contributed by atoms with E-state index in [9.17, 15) is 19.2 Å². The Kier molecular flexibility index (Phi) is 7.41. The SMILES string of the molecule is CCOC(=O)/C(CC(=O)c1cccc2c1C(=O)c1ccccc1C2=O)=N\NC(=S)Nc1ccccc1. The highest BCUT2D eigenvalue weighted by molar-refractivity contribution is 7.80. The van der Waals surface area contributed by atoms with Crippen LogP contribution in [-0.2, 0) is 9.53 Å². The fourth-order valence-electron chi connectivity index (χ4n) is 3.80. The number of hydrazone groups is 1. The predicted molar refractivity (Wildman–Crippen MR) is 139 cm³/mol. The number of carbonyl (C=O) groups is 4. The lowest BCUT2D eigenvalue weighted by atomic mass is 9.80. The predicted octanol–water partition coefficient (Wildman–Crippen LogP) is 3.94. The number of esters is 1. The molecule has 9 heteroatoms. The van der Waals surface area contributed by atoms with E-state index in [1.54, 1.807) is 43.3 Å². The normalized spacial score (nSPS) is 12.3. The molecule has 36 heavy (non-hydrogen) atoms. The molecule has 4 rings (SSSR count). The molecule has 0 unspecified atom stereocenters. The van der Waals surface area contributed by atoms with Gasteiger partial charge in [-0.05, 0) is 31.3 Å². The van der Waals surface area contributed by atoms with Crippen LogP contribution in [0.3, 0.4) is 0 Å². The summed E-state index contributed by atoms with van der Waals surface area (Å²) < 4.78 is 5.04. The number of Topliss-reactive ketones (excluding diaryl/α,β-unsaturated/α-hetero) is 1. The van der Waals surface area contributed by atoms with Crippen LogP contribution in [0.5, 0.6) is 0 Å². The number of fused-ring (bicyclic) bond motifs is 2. The van der Waals surface area contributed by atoms with Gasteiger partial charge in [-0.3, -0.25) is 19.8 Å². The number of benzene rings is 3. The zero-order chi connectivity index (χ0) is 25.7. The molecule has 3 aromatic rings. The van der Waals surface area contributed by atoms with Crippen molar-refractivity contribution >= 4 is 52.0 Å². The van der Waals surface area contributed by atoms with Crippen LogP contribution in [0.1, 0.15) is 55.5 Å². The van der Waals surface area contributed by atoms with Gasteiger partial charge in [-0.15, -0.1) is 0 Å². The summed E-state index contributed by atoms with van der Waals surface area (Å²) in [4.78, 5) is 52.0. The average molecular weight is 500 g/mol. The Labute approximate surface area is 212 Å². The molecule has 180 valence electrons.